The lowest BCUT2D eigenvalue weighted by Crippen LogP contribution is -2.41. The number of hydrogen-bond donors (Lipinski definition) is 2. The summed E-state index contributed by atoms with van der Waals surface area (Å²) in [7, 11) is 1.40. The molecule has 0 saturated carbocycles. The number of aryl methyl sites for hydroxylation is 1. The molecule has 8 nitrogen and oxygen atoms in total. The highest BCUT2D eigenvalue weighted by atomic mass is 32.2. The predicted molar refractivity (Wildman–Crippen MR) is 87.6 cm³/mol. The van der Waals surface area contributed by atoms with Crippen molar-refractivity contribution < 1.29 is 19.1 Å². The fourth-order valence-corrected chi connectivity index (χ4v) is 2.59. The molecule has 3 amide bonds. The van der Waals surface area contributed by atoms with Crippen LogP contribution < -0.4 is 10.6 Å². The highest BCUT2D eigenvalue weighted by Gasteiger charge is 2.21. The van der Waals surface area contributed by atoms with E-state index < -0.39 is 23.2 Å². The Balaban J connectivity index is 3.02. The van der Waals surface area contributed by atoms with Gasteiger partial charge in [-0.2, -0.15) is 5.26 Å². The van der Waals surface area contributed by atoms with Crippen molar-refractivity contribution in [3.05, 3.63) is 22.9 Å². The second kappa shape index (κ2) is 8.88. The highest BCUT2D eigenvalue weighted by molar-refractivity contribution is 8.00. The molecule has 24 heavy (non-hydrogen) atoms. The van der Waals surface area contributed by atoms with Gasteiger partial charge in [-0.3, -0.25) is 10.1 Å². The van der Waals surface area contributed by atoms with Gasteiger partial charge in [0.1, 0.15) is 11.1 Å². The Hall–Kier alpha value is -2.60. The van der Waals surface area contributed by atoms with E-state index in [1.807, 2.05) is 6.07 Å². The van der Waals surface area contributed by atoms with Crippen molar-refractivity contribution in [2.45, 2.75) is 31.0 Å². The van der Waals surface area contributed by atoms with Crippen LogP contribution in [0.3, 0.4) is 0 Å². The summed E-state index contributed by atoms with van der Waals surface area (Å²) in [5, 5.41) is 13.3. The van der Waals surface area contributed by atoms with Crippen LogP contribution in [0.25, 0.3) is 0 Å². The molecule has 0 fully saturated rings. The largest absolute Gasteiger partial charge is 0.462 e. The SMILES string of the molecule is CCOC(=O)c1cc(C#N)c(SC(C)C(=O)NC(=O)NC)nc1C. The maximum absolute atomic E-state index is 11.9. The van der Waals surface area contributed by atoms with Gasteiger partial charge in [0.05, 0.1) is 28.7 Å². The predicted octanol–water partition coefficient (Wildman–Crippen LogP) is 1.37. The van der Waals surface area contributed by atoms with Crippen molar-refractivity contribution >= 4 is 29.7 Å². The second-order valence-corrected chi connectivity index (χ2v) is 5.96. The summed E-state index contributed by atoms with van der Waals surface area (Å²) in [4.78, 5) is 39.1. The number of carbonyl (C=O) groups excluding carboxylic acids is 3. The second-order valence-electron chi connectivity index (χ2n) is 4.63. The van der Waals surface area contributed by atoms with Gasteiger partial charge < -0.3 is 10.1 Å². The molecule has 1 atom stereocenters. The summed E-state index contributed by atoms with van der Waals surface area (Å²) in [5.74, 6) is -1.07. The minimum Gasteiger partial charge on any atom is -0.462 e. The molecular formula is C15H18N4O4S. The number of carbonyl (C=O) groups is 3. The summed E-state index contributed by atoms with van der Waals surface area (Å²) in [5.41, 5.74) is 0.766. The quantitative estimate of drug-likeness (QED) is 0.607. The Bertz CT molecular complexity index is 699. The lowest BCUT2D eigenvalue weighted by molar-refractivity contribution is -0.119. The zero-order valence-corrected chi connectivity index (χ0v) is 14.6. The van der Waals surface area contributed by atoms with Crippen LogP contribution >= 0.6 is 11.8 Å². The molecule has 1 heterocycles. The van der Waals surface area contributed by atoms with Crippen LogP contribution in [0.4, 0.5) is 4.79 Å². The zero-order valence-electron chi connectivity index (χ0n) is 13.8. The summed E-state index contributed by atoms with van der Waals surface area (Å²) >= 11 is 1.03. The van der Waals surface area contributed by atoms with E-state index in [0.717, 1.165) is 11.8 Å². The average molecular weight is 350 g/mol. The van der Waals surface area contributed by atoms with Gasteiger partial charge in [0.15, 0.2) is 0 Å². The lowest BCUT2D eigenvalue weighted by Gasteiger charge is -2.13. The van der Waals surface area contributed by atoms with Crippen molar-refractivity contribution in [3.63, 3.8) is 0 Å². The van der Waals surface area contributed by atoms with Crippen LogP contribution in [-0.2, 0) is 9.53 Å². The third-order valence-electron chi connectivity index (χ3n) is 2.92. The van der Waals surface area contributed by atoms with Gasteiger partial charge in [-0.15, -0.1) is 0 Å². The maximum atomic E-state index is 11.9. The molecule has 9 heteroatoms. The molecule has 1 unspecified atom stereocenters. The van der Waals surface area contributed by atoms with E-state index in [2.05, 4.69) is 15.6 Å². The molecular weight excluding hydrogens is 332 g/mol. The molecule has 0 aliphatic rings. The molecule has 1 aromatic heterocycles. The Labute approximate surface area is 144 Å². The van der Waals surface area contributed by atoms with E-state index in [-0.39, 0.29) is 17.7 Å². The first kappa shape index (κ1) is 19.4. The Morgan fingerprint density at radius 2 is 2.12 bits per heavy atom. The van der Waals surface area contributed by atoms with Gasteiger partial charge in [-0.25, -0.2) is 14.6 Å². The minimum atomic E-state index is -0.658. The summed E-state index contributed by atoms with van der Waals surface area (Å²) in [6, 6.07) is 2.73. The monoisotopic (exact) mass is 350 g/mol. The number of aromatic nitrogens is 1. The third-order valence-corrected chi connectivity index (χ3v) is 4.02. The van der Waals surface area contributed by atoms with Crippen LogP contribution in [0, 0.1) is 18.3 Å². The summed E-state index contributed by atoms with van der Waals surface area (Å²) in [6.07, 6.45) is 0. The summed E-state index contributed by atoms with van der Waals surface area (Å²) in [6.45, 7) is 5.10. The fraction of sp³-hybridized carbons (Fsp3) is 0.400. The van der Waals surface area contributed by atoms with Gasteiger partial charge in [0, 0.05) is 7.05 Å². The van der Waals surface area contributed by atoms with Crippen molar-refractivity contribution in [2.24, 2.45) is 0 Å². The minimum absolute atomic E-state index is 0.160. The number of esters is 1. The van der Waals surface area contributed by atoms with Crippen molar-refractivity contribution in [1.82, 2.24) is 15.6 Å². The molecule has 0 aliphatic carbocycles. The average Bonchev–Trinajstić information content (AvgIpc) is 2.54. The Morgan fingerprint density at radius 3 is 2.67 bits per heavy atom. The molecule has 0 radical (unpaired) electrons. The van der Waals surface area contributed by atoms with Gasteiger partial charge >= 0.3 is 12.0 Å². The van der Waals surface area contributed by atoms with Crippen molar-refractivity contribution in [2.75, 3.05) is 13.7 Å². The number of urea groups is 1. The van der Waals surface area contributed by atoms with E-state index in [1.54, 1.807) is 20.8 Å². The third kappa shape index (κ3) is 4.96. The zero-order chi connectivity index (χ0) is 18.3. The van der Waals surface area contributed by atoms with Crippen LogP contribution in [-0.4, -0.2) is 41.8 Å². The van der Waals surface area contributed by atoms with Crippen LogP contribution in [0.5, 0.6) is 0 Å². The number of nitrogens with one attached hydrogen (secondary N) is 2. The standard InChI is InChI=1S/C15H18N4O4S/c1-5-23-14(21)11-6-10(7-16)13(18-8(11)2)24-9(3)12(20)19-15(22)17-4/h6,9H,5H2,1-4H3,(H2,17,19,20,22). The smallest absolute Gasteiger partial charge is 0.340 e. The molecule has 0 aromatic carbocycles. The number of imide groups is 1. The molecule has 1 aromatic rings. The number of amides is 3. The van der Waals surface area contributed by atoms with Crippen LogP contribution in [0.15, 0.2) is 11.1 Å². The topological polar surface area (TPSA) is 121 Å². The number of thioether (sulfide) groups is 1. The van der Waals surface area contributed by atoms with Crippen molar-refractivity contribution in [1.29, 1.82) is 5.26 Å². The summed E-state index contributed by atoms with van der Waals surface area (Å²) < 4.78 is 4.92. The Kier molecular flexibility index (Phi) is 7.20. The molecule has 0 bridgehead atoms. The van der Waals surface area contributed by atoms with E-state index in [9.17, 15) is 19.6 Å². The number of hydrogen-bond acceptors (Lipinski definition) is 7. The van der Waals surface area contributed by atoms with Crippen molar-refractivity contribution in [3.8, 4) is 6.07 Å². The Morgan fingerprint density at radius 1 is 1.46 bits per heavy atom. The molecule has 0 saturated heterocycles. The molecule has 1 rings (SSSR count). The van der Waals surface area contributed by atoms with E-state index in [0.29, 0.717) is 10.7 Å². The van der Waals surface area contributed by atoms with Crippen LogP contribution in [0.1, 0.15) is 35.5 Å². The first-order chi connectivity index (χ1) is 11.3. The lowest BCUT2D eigenvalue weighted by atomic mass is 10.1. The number of ether oxygens (including phenoxy) is 1. The van der Waals surface area contributed by atoms with Crippen LogP contribution in [0.2, 0.25) is 0 Å². The van der Waals surface area contributed by atoms with E-state index in [1.165, 1.54) is 13.1 Å². The van der Waals surface area contributed by atoms with E-state index >= 15 is 0 Å². The number of pyridine rings is 1. The maximum Gasteiger partial charge on any atom is 0.340 e. The number of rotatable bonds is 5. The first-order valence-electron chi connectivity index (χ1n) is 7.12. The molecule has 0 aliphatic heterocycles. The van der Waals surface area contributed by atoms with Gasteiger partial charge in [0.25, 0.3) is 0 Å². The molecule has 2 N–H and O–H groups in total. The molecule has 128 valence electrons. The van der Waals surface area contributed by atoms with Gasteiger partial charge in [0.2, 0.25) is 5.91 Å². The molecule has 0 spiro atoms. The normalized spacial score (nSPS) is 11.1. The number of nitrogens with zero attached hydrogens (tertiary/aromatic N) is 2. The van der Waals surface area contributed by atoms with Gasteiger partial charge in [-0.1, -0.05) is 11.8 Å². The first-order valence-corrected chi connectivity index (χ1v) is 8.00. The highest BCUT2D eigenvalue weighted by Crippen LogP contribution is 2.27. The van der Waals surface area contributed by atoms with E-state index in [4.69, 9.17) is 4.74 Å². The van der Waals surface area contributed by atoms with Gasteiger partial charge in [-0.05, 0) is 26.8 Å². The number of nitriles is 1. The fourth-order valence-electron chi connectivity index (χ4n) is 1.67.